The van der Waals surface area contributed by atoms with Crippen molar-refractivity contribution in [3.05, 3.63) is 119 Å². The minimum absolute atomic E-state index is 0.0983. The van der Waals surface area contributed by atoms with Crippen LogP contribution in [0.5, 0.6) is 11.5 Å². The van der Waals surface area contributed by atoms with Crippen LogP contribution in [0.4, 0.5) is 0 Å². The monoisotopic (exact) mass is 585 g/mol. The number of para-hydroxylation sites is 1. The minimum atomic E-state index is -0.375. The number of phenolic OH excluding ortho intramolecular Hbond substituents is 1. The zero-order chi connectivity index (χ0) is 30.2. The number of imide groups is 1. The lowest BCUT2D eigenvalue weighted by molar-refractivity contribution is -0.138. The molecule has 0 radical (unpaired) electrons. The van der Waals surface area contributed by atoms with Gasteiger partial charge >= 0.3 is 0 Å². The van der Waals surface area contributed by atoms with Crippen molar-refractivity contribution in [1.29, 1.82) is 0 Å². The van der Waals surface area contributed by atoms with E-state index in [4.69, 9.17) is 9.47 Å². The average Bonchev–Trinajstić information content (AvgIpc) is 3.58. The Bertz CT molecular complexity index is 1780. The molecule has 4 aromatic carbocycles. The van der Waals surface area contributed by atoms with E-state index in [1.807, 2.05) is 78.9 Å². The first-order chi connectivity index (χ1) is 21.5. The number of fused-ring (bicyclic) bond motifs is 4. The number of benzene rings is 4. The van der Waals surface area contributed by atoms with E-state index in [9.17, 15) is 14.7 Å². The summed E-state index contributed by atoms with van der Waals surface area (Å²) in [6.45, 7) is 0.792. The van der Waals surface area contributed by atoms with Crippen LogP contribution >= 0.6 is 0 Å². The first-order valence-corrected chi connectivity index (χ1v) is 15.3. The van der Waals surface area contributed by atoms with Crippen LogP contribution in [0.25, 0.3) is 22.4 Å². The van der Waals surface area contributed by atoms with Crippen molar-refractivity contribution in [2.75, 3.05) is 20.3 Å². The smallest absolute Gasteiger partial charge is 0.233 e. The van der Waals surface area contributed by atoms with Crippen molar-refractivity contribution in [3.63, 3.8) is 0 Å². The first kappa shape index (κ1) is 28.1. The van der Waals surface area contributed by atoms with Gasteiger partial charge in [-0.1, -0.05) is 84.9 Å². The van der Waals surface area contributed by atoms with E-state index in [0.29, 0.717) is 19.6 Å². The van der Waals surface area contributed by atoms with Crippen LogP contribution < -0.4 is 4.74 Å². The molecule has 0 saturated carbocycles. The Labute approximate surface area is 257 Å². The molecule has 1 aliphatic carbocycles. The number of rotatable bonds is 8. The van der Waals surface area contributed by atoms with Crippen LogP contribution in [0.2, 0.25) is 0 Å². The lowest BCUT2D eigenvalue weighted by atomic mass is 9.69. The molecule has 4 atom stereocenters. The molecule has 44 heavy (non-hydrogen) atoms. The number of carbonyl (C=O) groups excluding carboxylic acids is 2. The molecule has 2 aliphatic heterocycles. The lowest BCUT2D eigenvalue weighted by Crippen LogP contribution is -2.35. The molecular formula is C38H35NO5. The van der Waals surface area contributed by atoms with E-state index in [-0.39, 0.29) is 41.4 Å². The minimum Gasteiger partial charge on any atom is -0.507 e. The van der Waals surface area contributed by atoms with Gasteiger partial charge in [-0.3, -0.25) is 14.5 Å². The Balaban J connectivity index is 1.22. The van der Waals surface area contributed by atoms with E-state index < -0.39 is 0 Å². The molecule has 0 unspecified atom stereocenters. The van der Waals surface area contributed by atoms with Gasteiger partial charge in [0.25, 0.3) is 0 Å². The number of amides is 2. The molecule has 0 bridgehead atoms. The average molecular weight is 586 g/mol. The predicted molar refractivity (Wildman–Crippen MR) is 171 cm³/mol. The van der Waals surface area contributed by atoms with Crippen LogP contribution in [0.15, 0.2) is 108 Å². The summed E-state index contributed by atoms with van der Waals surface area (Å²) in [7, 11) is 1.60. The van der Waals surface area contributed by atoms with Crippen LogP contribution in [-0.2, 0) is 14.3 Å². The third-order valence-electron chi connectivity index (χ3n) is 9.47. The SMILES string of the molecule is CN1C(=O)[C@@H]2[C@@H](CC(COc3ccccc3)=C3[C@@H](CC/C(=C/c4ccc(O)c5ccccc45)c4ccccc4)OC[C@@H]32)C1=O. The second kappa shape index (κ2) is 11.8. The Morgan fingerprint density at radius 2 is 1.59 bits per heavy atom. The highest BCUT2D eigenvalue weighted by atomic mass is 16.5. The fourth-order valence-electron chi connectivity index (χ4n) is 7.31. The summed E-state index contributed by atoms with van der Waals surface area (Å²) >= 11 is 0. The molecule has 3 aliphatic rings. The number of phenols is 1. The van der Waals surface area contributed by atoms with Gasteiger partial charge in [0.15, 0.2) is 0 Å². The Morgan fingerprint density at radius 3 is 2.36 bits per heavy atom. The highest BCUT2D eigenvalue weighted by Crippen LogP contribution is 2.50. The predicted octanol–water partition coefficient (Wildman–Crippen LogP) is 6.89. The summed E-state index contributed by atoms with van der Waals surface area (Å²) in [5, 5.41) is 12.3. The number of hydrogen-bond acceptors (Lipinski definition) is 5. The molecule has 2 amide bonds. The normalized spacial score (nSPS) is 23.3. The van der Waals surface area contributed by atoms with E-state index in [1.165, 1.54) is 4.90 Å². The zero-order valence-corrected chi connectivity index (χ0v) is 24.7. The van der Waals surface area contributed by atoms with Crippen molar-refractivity contribution in [2.24, 2.45) is 17.8 Å². The van der Waals surface area contributed by atoms with Crippen LogP contribution in [0.3, 0.4) is 0 Å². The fourth-order valence-corrected chi connectivity index (χ4v) is 7.31. The van der Waals surface area contributed by atoms with Crippen LogP contribution in [-0.4, -0.2) is 48.2 Å². The molecule has 0 spiro atoms. The summed E-state index contributed by atoms with van der Waals surface area (Å²) in [6, 6.07) is 31.6. The van der Waals surface area contributed by atoms with Gasteiger partial charge in [0, 0.05) is 18.4 Å². The Hall–Kier alpha value is -4.68. The molecule has 222 valence electrons. The molecule has 6 nitrogen and oxygen atoms in total. The number of hydrogen-bond donors (Lipinski definition) is 1. The third-order valence-corrected chi connectivity index (χ3v) is 9.47. The second-order valence-electron chi connectivity index (χ2n) is 12.0. The van der Waals surface area contributed by atoms with Crippen molar-refractivity contribution in [3.8, 4) is 11.5 Å². The summed E-state index contributed by atoms with van der Waals surface area (Å²) < 4.78 is 12.7. The number of nitrogens with zero attached hydrogens (tertiary/aromatic N) is 1. The molecule has 1 N–H and O–H groups in total. The van der Waals surface area contributed by atoms with Gasteiger partial charge < -0.3 is 14.6 Å². The van der Waals surface area contributed by atoms with Gasteiger partial charge in [-0.15, -0.1) is 0 Å². The van der Waals surface area contributed by atoms with Crippen molar-refractivity contribution in [2.45, 2.75) is 25.4 Å². The van der Waals surface area contributed by atoms with Crippen molar-refractivity contribution < 1.29 is 24.2 Å². The van der Waals surface area contributed by atoms with Gasteiger partial charge in [-0.2, -0.15) is 0 Å². The van der Waals surface area contributed by atoms with Gasteiger partial charge in [-0.05, 0) is 70.7 Å². The van der Waals surface area contributed by atoms with Gasteiger partial charge in [0.1, 0.15) is 18.1 Å². The van der Waals surface area contributed by atoms with E-state index >= 15 is 0 Å². The molecule has 4 aromatic rings. The summed E-state index contributed by atoms with van der Waals surface area (Å²) in [5.74, 6) is -0.0198. The molecule has 6 heteroatoms. The molecule has 2 heterocycles. The molecule has 7 rings (SSSR count). The second-order valence-corrected chi connectivity index (χ2v) is 12.0. The van der Waals surface area contributed by atoms with E-state index in [2.05, 4.69) is 18.2 Å². The van der Waals surface area contributed by atoms with Crippen LogP contribution in [0, 0.1) is 17.8 Å². The number of aromatic hydroxyl groups is 1. The highest BCUT2D eigenvalue weighted by molar-refractivity contribution is 6.05. The molecular weight excluding hydrogens is 550 g/mol. The standard InChI is InChI=1S/C38H35NO5/c1-39-37(41)31-21-27(22-43-28-12-6-3-7-13-28)35-32(36(31)38(39)42)23-44-34(35)19-17-25(24-10-4-2-5-11-24)20-26-16-18-33(40)30-15-9-8-14-29(26)30/h2-16,18,20,31-32,34,36,40H,17,19,21-23H2,1H3/b25-20-/t31-,32+,34-,36-/m1/s1. The first-order valence-electron chi connectivity index (χ1n) is 15.3. The lowest BCUT2D eigenvalue weighted by Gasteiger charge is -2.32. The van der Waals surface area contributed by atoms with Gasteiger partial charge in [0.2, 0.25) is 11.8 Å². The Kier molecular flexibility index (Phi) is 7.52. The topological polar surface area (TPSA) is 76.1 Å². The number of carbonyl (C=O) groups is 2. The number of ether oxygens (including phenoxy) is 2. The van der Waals surface area contributed by atoms with Gasteiger partial charge in [0.05, 0.1) is 24.5 Å². The third kappa shape index (κ3) is 5.09. The molecule has 2 saturated heterocycles. The largest absolute Gasteiger partial charge is 0.507 e. The van der Waals surface area contributed by atoms with E-state index in [0.717, 1.165) is 57.2 Å². The highest BCUT2D eigenvalue weighted by Gasteiger charge is 2.56. The quantitative estimate of drug-likeness (QED) is 0.138. The molecule has 0 aromatic heterocycles. The maximum absolute atomic E-state index is 13.2. The van der Waals surface area contributed by atoms with Crippen LogP contribution in [0.1, 0.15) is 30.4 Å². The number of likely N-dealkylation sites (tertiary alicyclic amines) is 1. The van der Waals surface area contributed by atoms with Crippen molar-refractivity contribution >= 4 is 34.2 Å². The van der Waals surface area contributed by atoms with Gasteiger partial charge in [-0.25, -0.2) is 0 Å². The van der Waals surface area contributed by atoms with Crippen molar-refractivity contribution in [1.82, 2.24) is 4.90 Å². The summed E-state index contributed by atoms with van der Waals surface area (Å²) in [4.78, 5) is 27.6. The number of allylic oxidation sites excluding steroid dienone is 1. The van der Waals surface area contributed by atoms with E-state index in [1.54, 1.807) is 13.1 Å². The summed E-state index contributed by atoms with van der Waals surface area (Å²) in [6.07, 6.45) is 4.02. The summed E-state index contributed by atoms with van der Waals surface area (Å²) in [5.41, 5.74) is 5.55. The zero-order valence-electron chi connectivity index (χ0n) is 24.7. The fraction of sp³-hybridized carbons (Fsp3) is 0.263. The maximum atomic E-state index is 13.2. The Morgan fingerprint density at radius 1 is 0.886 bits per heavy atom. The molecule has 2 fully saturated rings. The maximum Gasteiger partial charge on any atom is 0.233 e.